The largest absolute Gasteiger partial charge is 0.482 e. The number of rotatable bonds is 13. The average molecular weight is 671 g/mol. The van der Waals surface area contributed by atoms with Gasteiger partial charge in [-0.25, -0.2) is 4.79 Å². The van der Waals surface area contributed by atoms with E-state index < -0.39 is 12.1 Å². The van der Waals surface area contributed by atoms with Crippen LogP contribution in [0.4, 0.5) is 0 Å². The third-order valence-corrected chi connectivity index (χ3v) is 10.4. The molecule has 50 heavy (non-hydrogen) atoms. The van der Waals surface area contributed by atoms with E-state index >= 15 is 0 Å². The number of para-hydroxylation sites is 1. The van der Waals surface area contributed by atoms with Crippen LogP contribution >= 0.6 is 0 Å². The first-order chi connectivity index (χ1) is 23.8. The molecule has 0 bridgehead atoms. The Hall–Kier alpha value is -4.97. The lowest BCUT2D eigenvalue weighted by Gasteiger charge is -2.31. The van der Waals surface area contributed by atoms with E-state index in [1.54, 1.807) is 30.3 Å². The van der Waals surface area contributed by atoms with Gasteiger partial charge in [0.1, 0.15) is 11.5 Å². The zero-order chi connectivity index (χ0) is 36.2. The highest BCUT2D eigenvalue weighted by Gasteiger charge is 2.30. The molecule has 4 aromatic rings. The van der Waals surface area contributed by atoms with Crippen LogP contribution in [-0.2, 0) is 20.5 Å². The van der Waals surface area contributed by atoms with Gasteiger partial charge in [0.25, 0.3) is 0 Å². The second kappa shape index (κ2) is 14.9. The zero-order valence-electron chi connectivity index (χ0n) is 31.0. The summed E-state index contributed by atoms with van der Waals surface area (Å²) >= 11 is 0. The number of carbonyl (C=O) groups is 2. The number of aromatic nitrogens is 1. The first kappa shape index (κ1) is 36.3. The third-order valence-electron chi connectivity index (χ3n) is 10.4. The molecule has 6 nitrogen and oxygen atoms in total. The second-order valence-electron chi connectivity index (χ2n) is 14.4. The molecule has 0 spiro atoms. The molecule has 0 N–H and O–H groups in total. The highest BCUT2D eigenvalue weighted by atomic mass is 16.7. The van der Waals surface area contributed by atoms with E-state index in [0.717, 1.165) is 46.8 Å². The fourth-order valence-electron chi connectivity index (χ4n) is 6.25. The molecular weight excluding hydrogens is 620 g/mol. The van der Waals surface area contributed by atoms with Gasteiger partial charge in [0, 0.05) is 33.8 Å². The maximum Gasteiger partial charge on any atom is 0.368 e. The van der Waals surface area contributed by atoms with Crippen molar-refractivity contribution in [2.45, 2.75) is 98.5 Å². The molecule has 0 aliphatic carbocycles. The normalized spacial score (nSPS) is 15.0. The Morgan fingerprint density at radius 3 is 2.22 bits per heavy atom. The minimum Gasteiger partial charge on any atom is -0.482 e. The van der Waals surface area contributed by atoms with Crippen molar-refractivity contribution < 1.29 is 19.2 Å². The van der Waals surface area contributed by atoms with Gasteiger partial charge in [-0.05, 0) is 85.4 Å². The van der Waals surface area contributed by atoms with E-state index in [1.165, 1.54) is 5.56 Å². The first-order valence-electron chi connectivity index (χ1n) is 17.7. The predicted octanol–water partition coefficient (Wildman–Crippen LogP) is 10.4. The van der Waals surface area contributed by atoms with Crippen LogP contribution in [0.15, 0.2) is 102 Å². The summed E-state index contributed by atoms with van der Waals surface area (Å²) in [5.74, 6) is 0.146. The van der Waals surface area contributed by atoms with E-state index in [2.05, 4.69) is 95.4 Å². The molecule has 260 valence electrons. The number of benzene rings is 3. The maximum atomic E-state index is 13.8. The lowest BCUT2D eigenvalue weighted by Crippen LogP contribution is -2.29. The van der Waals surface area contributed by atoms with Gasteiger partial charge in [0.05, 0.1) is 5.57 Å². The smallest absolute Gasteiger partial charge is 0.368 e. The zero-order valence-corrected chi connectivity index (χ0v) is 31.0. The summed E-state index contributed by atoms with van der Waals surface area (Å²) in [6.07, 6.45) is 7.40. The molecule has 3 aromatic carbocycles. The van der Waals surface area contributed by atoms with E-state index in [4.69, 9.17) is 9.57 Å². The summed E-state index contributed by atoms with van der Waals surface area (Å²) in [6.45, 7) is 19.5. The molecule has 1 atom stereocenters. The molecule has 1 aliphatic heterocycles. The number of carbonyl (C=O) groups excluding carboxylic acids is 2. The van der Waals surface area contributed by atoms with Crippen LogP contribution in [0.5, 0.6) is 5.75 Å². The Morgan fingerprint density at radius 2 is 1.58 bits per heavy atom. The second-order valence-corrected chi connectivity index (χ2v) is 14.4. The highest BCUT2D eigenvalue weighted by molar-refractivity contribution is 6.29. The summed E-state index contributed by atoms with van der Waals surface area (Å²) < 4.78 is 8.73. The quantitative estimate of drug-likeness (QED) is 0.0806. The first-order valence-corrected chi connectivity index (χ1v) is 17.7. The number of hydrogen-bond acceptors (Lipinski definition) is 5. The molecule has 1 aromatic heterocycles. The lowest BCUT2D eigenvalue weighted by molar-refractivity contribution is -0.136. The van der Waals surface area contributed by atoms with Gasteiger partial charge in [0.2, 0.25) is 5.78 Å². The van der Waals surface area contributed by atoms with Crippen molar-refractivity contribution in [1.82, 2.24) is 4.57 Å². The van der Waals surface area contributed by atoms with Crippen LogP contribution in [0.2, 0.25) is 0 Å². The Bertz CT molecular complexity index is 1960. The van der Waals surface area contributed by atoms with Crippen LogP contribution < -0.4 is 4.74 Å². The predicted molar refractivity (Wildman–Crippen MR) is 204 cm³/mol. The topological polar surface area (TPSA) is 69.9 Å². The van der Waals surface area contributed by atoms with Gasteiger partial charge in [-0.3, -0.25) is 4.79 Å². The fourth-order valence-corrected chi connectivity index (χ4v) is 6.25. The van der Waals surface area contributed by atoms with E-state index in [9.17, 15) is 9.59 Å². The Labute approximate surface area is 297 Å². The Kier molecular flexibility index (Phi) is 10.8. The Balaban J connectivity index is 1.34. The lowest BCUT2D eigenvalue weighted by atomic mass is 9.76. The summed E-state index contributed by atoms with van der Waals surface area (Å²) in [6, 6.07) is 25.9. The van der Waals surface area contributed by atoms with Crippen LogP contribution in [0, 0.1) is 13.8 Å². The van der Waals surface area contributed by atoms with Crippen LogP contribution in [0.3, 0.4) is 0 Å². The number of aryl methyl sites for hydroxylation is 1. The van der Waals surface area contributed by atoms with Crippen molar-refractivity contribution in [3.63, 3.8) is 0 Å². The van der Waals surface area contributed by atoms with Crippen molar-refractivity contribution in [3.05, 3.63) is 136 Å². The van der Waals surface area contributed by atoms with Gasteiger partial charge < -0.3 is 14.1 Å². The SMILES string of the molecule is CCC(Oc1ccc(C(C)(C)CC)cc1C(C)(C)CC)C(=O)c1ccc(C2=NOC(=O)C2=C/C=C/c2cc(C)n(-c3ccccc3)c2C)cc1. The molecule has 5 rings (SSSR count). The molecule has 1 unspecified atom stereocenters. The minimum atomic E-state index is -0.643. The van der Waals surface area contributed by atoms with Gasteiger partial charge in [-0.2, -0.15) is 0 Å². The van der Waals surface area contributed by atoms with E-state index in [0.29, 0.717) is 28.8 Å². The van der Waals surface area contributed by atoms with Crippen LogP contribution in [0.1, 0.15) is 112 Å². The van der Waals surface area contributed by atoms with Crippen molar-refractivity contribution in [2.24, 2.45) is 5.16 Å². The number of hydrogen-bond donors (Lipinski definition) is 0. The third kappa shape index (κ3) is 7.45. The summed E-state index contributed by atoms with van der Waals surface area (Å²) in [5, 5.41) is 4.07. The molecule has 6 heteroatoms. The summed E-state index contributed by atoms with van der Waals surface area (Å²) in [5.41, 5.74) is 8.68. The molecule has 0 saturated carbocycles. The van der Waals surface area contributed by atoms with Crippen LogP contribution in [-0.4, -0.2) is 28.1 Å². The maximum absolute atomic E-state index is 13.8. The molecular formula is C44H50N2O4. The number of nitrogens with zero attached hydrogens (tertiary/aromatic N) is 2. The monoisotopic (exact) mass is 670 g/mol. The van der Waals surface area contributed by atoms with Crippen LogP contribution in [0.25, 0.3) is 11.8 Å². The number of oxime groups is 1. The van der Waals surface area contributed by atoms with Gasteiger partial charge >= 0.3 is 5.97 Å². The molecule has 1 aliphatic rings. The molecule has 0 radical (unpaired) electrons. The summed E-state index contributed by atoms with van der Waals surface area (Å²) in [4.78, 5) is 31.6. The summed E-state index contributed by atoms with van der Waals surface area (Å²) in [7, 11) is 0. The minimum absolute atomic E-state index is 0.0387. The molecule has 0 amide bonds. The van der Waals surface area contributed by atoms with E-state index in [-0.39, 0.29) is 16.6 Å². The average Bonchev–Trinajstić information content (AvgIpc) is 3.63. The van der Waals surface area contributed by atoms with Crippen molar-refractivity contribution >= 4 is 23.5 Å². The van der Waals surface area contributed by atoms with Gasteiger partial charge in [0.15, 0.2) is 6.10 Å². The van der Waals surface area contributed by atoms with Crippen molar-refractivity contribution in [2.75, 3.05) is 0 Å². The van der Waals surface area contributed by atoms with Gasteiger partial charge in [-0.1, -0.05) is 120 Å². The molecule has 0 fully saturated rings. The van der Waals surface area contributed by atoms with Crippen molar-refractivity contribution in [1.29, 1.82) is 0 Å². The van der Waals surface area contributed by atoms with Gasteiger partial charge in [-0.15, -0.1) is 0 Å². The van der Waals surface area contributed by atoms with E-state index in [1.807, 2.05) is 43.3 Å². The van der Waals surface area contributed by atoms with Crippen molar-refractivity contribution in [3.8, 4) is 11.4 Å². The number of ether oxygens (including phenoxy) is 1. The molecule has 0 saturated heterocycles. The standard InChI is InChI=1S/C44H50N2O4/c1-10-38(49-39-26-25-34(43(6,7)11-2)28-37(39)44(8,9)12-3)41(47)32-23-21-31(22-24-32)40-36(42(48)50-45-40)20-16-17-33-27-29(4)46(30(33)5)35-18-14-13-15-19-35/h13-28,38H,10-12H2,1-9H3/b17-16+,36-20?. The number of ketones is 1. The number of Topliss-reactive ketones (excluding diaryl/α,β-unsaturated/α-hetero) is 1. The Morgan fingerprint density at radius 1 is 0.900 bits per heavy atom. The fraction of sp³-hybridized carbons (Fsp3) is 0.341. The molecule has 2 heterocycles. The highest BCUT2D eigenvalue weighted by Crippen LogP contribution is 2.39. The number of allylic oxidation sites excluding steroid dienone is 2.